The first-order valence-electron chi connectivity index (χ1n) is 7.49. The van der Waals surface area contributed by atoms with Crippen LogP contribution in [0.4, 0.5) is 5.69 Å². The van der Waals surface area contributed by atoms with Crippen molar-refractivity contribution < 1.29 is 4.79 Å². The highest BCUT2D eigenvalue weighted by atomic mass is 35.5. The Morgan fingerprint density at radius 3 is 2.69 bits per heavy atom. The highest BCUT2D eigenvalue weighted by molar-refractivity contribution is 7.99. The molecule has 26 heavy (non-hydrogen) atoms. The number of aryl methyl sites for hydroxylation is 1. The van der Waals surface area contributed by atoms with Gasteiger partial charge in [0.15, 0.2) is 5.82 Å². The summed E-state index contributed by atoms with van der Waals surface area (Å²) in [7, 11) is 0. The number of carbonyl (C=O) groups excluding carboxylic acids is 1. The number of nitrogens with zero attached hydrogens (tertiary/aromatic N) is 2. The van der Waals surface area contributed by atoms with Gasteiger partial charge in [0.05, 0.1) is 26.5 Å². The minimum absolute atomic E-state index is 0.127. The average Bonchev–Trinajstić information content (AvgIpc) is 3.07. The second kappa shape index (κ2) is 8.31. The molecule has 2 aromatic carbocycles. The number of aromatic amines is 1. The zero-order valence-corrected chi connectivity index (χ0v) is 16.6. The first-order chi connectivity index (χ1) is 12.4. The maximum Gasteiger partial charge on any atom is 0.234 e. The van der Waals surface area contributed by atoms with Gasteiger partial charge in [-0.2, -0.15) is 0 Å². The van der Waals surface area contributed by atoms with E-state index in [2.05, 4.69) is 20.5 Å². The lowest BCUT2D eigenvalue weighted by Crippen LogP contribution is -2.14. The van der Waals surface area contributed by atoms with Crippen molar-refractivity contribution in [2.45, 2.75) is 12.1 Å². The zero-order valence-electron chi connectivity index (χ0n) is 13.5. The van der Waals surface area contributed by atoms with E-state index in [0.717, 1.165) is 11.1 Å². The molecule has 0 aliphatic rings. The smallest absolute Gasteiger partial charge is 0.234 e. The van der Waals surface area contributed by atoms with E-state index in [1.54, 1.807) is 0 Å². The molecule has 9 heteroatoms. The van der Waals surface area contributed by atoms with Gasteiger partial charge in [-0.25, -0.2) is 4.98 Å². The van der Waals surface area contributed by atoms with E-state index < -0.39 is 0 Å². The molecule has 0 atom stereocenters. The number of halogens is 3. The lowest BCUT2D eigenvalue weighted by Gasteiger charge is -2.08. The Bertz CT molecular complexity index is 961. The number of thioether (sulfide) groups is 1. The summed E-state index contributed by atoms with van der Waals surface area (Å²) in [6.07, 6.45) is 0. The van der Waals surface area contributed by atoms with Crippen molar-refractivity contribution in [2.24, 2.45) is 0 Å². The summed E-state index contributed by atoms with van der Waals surface area (Å²) < 4.78 is 0. The first-order valence-corrected chi connectivity index (χ1v) is 9.61. The minimum atomic E-state index is -0.253. The molecule has 0 unspecified atom stereocenters. The Morgan fingerprint density at radius 2 is 1.92 bits per heavy atom. The molecule has 0 radical (unpaired) electrons. The van der Waals surface area contributed by atoms with Crippen LogP contribution in [0.1, 0.15) is 5.56 Å². The van der Waals surface area contributed by atoms with E-state index in [4.69, 9.17) is 34.8 Å². The minimum Gasteiger partial charge on any atom is -0.324 e. The third-order valence-electron chi connectivity index (χ3n) is 3.37. The van der Waals surface area contributed by atoms with Gasteiger partial charge in [0.2, 0.25) is 11.1 Å². The monoisotopic (exact) mass is 426 g/mol. The SMILES string of the molecule is Cc1cccc(-c2nc(SCC(=O)Nc3cc(Cl)c(Cl)cc3Cl)n[nH]2)c1. The predicted octanol–water partition coefficient (Wildman–Crippen LogP) is 5.47. The summed E-state index contributed by atoms with van der Waals surface area (Å²) >= 11 is 19.1. The van der Waals surface area contributed by atoms with E-state index in [1.807, 2.05) is 31.2 Å². The normalized spacial score (nSPS) is 10.8. The van der Waals surface area contributed by atoms with E-state index >= 15 is 0 Å². The summed E-state index contributed by atoms with van der Waals surface area (Å²) in [5, 5.41) is 11.1. The second-order valence-corrected chi connectivity index (χ2v) is 7.58. The van der Waals surface area contributed by atoms with Crippen molar-refractivity contribution in [2.75, 3.05) is 11.1 Å². The summed E-state index contributed by atoms with van der Waals surface area (Å²) in [4.78, 5) is 16.5. The van der Waals surface area contributed by atoms with Crippen LogP contribution in [0.25, 0.3) is 11.4 Å². The molecule has 5 nitrogen and oxygen atoms in total. The first kappa shape index (κ1) is 19.0. The summed E-state index contributed by atoms with van der Waals surface area (Å²) in [6, 6.07) is 10.9. The molecule has 0 bridgehead atoms. The summed E-state index contributed by atoms with van der Waals surface area (Å²) in [5.74, 6) is 0.531. The number of nitrogens with one attached hydrogen (secondary N) is 2. The number of H-pyrrole nitrogens is 1. The molecule has 1 amide bonds. The van der Waals surface area contributed by atoms with Crippen LogP contribution in [0.15, 0.2) is 41.6 Å². The number of anilines is 1. The molecule has 1 aromatic heterocycles. The van der Waals surface area contributed by atoms with Crippen LogP contribution in [0.3, 0.4) is 0 Å². The lowest BCUT2D eigenvalue weighted by molar-refractivity contribution is -0.113. The fraction of sp³-hybridized carbons (Fsp3) is 0.118. The van der Waals surface area contributed by atoms with Crippen molar-refractivity contribution in [3.05, 3.63) is 57.0 Å². The van der Waals surface area contributed by atoms with Crippen molar-refractivity contribution in [3.63, 3.8) is 0 Å². The van der Waals surface area contributed by atoms with Gasteiger partial charge in [-0.15, -0.1) is 5.10 Å². The topological polar surface area (TPSA) is 70.7 Å². The lowest BCUT2D eigenvalue weighted by atomic mass is 10.1. The van der Waals surface area contributed by atoms with Crippen LogP contribution in [0.5, 0.6) is 0 Å². The molecule has 0 fully saturated rings. The van der Waals surface area contributed by atoms with Gasteiger partial charge in [0, 0.05) is 5.56 Å². The van der Waals surface area contributed by atoms with Crippen molar-refractivity contribution >= 4 is 58.2 Å². The van der Waals surface area contributed by atoms with Crippen molar-refractivity contribution in [1.82, 2.24) is 15.2 Å². The second-order valence-electron chi connectivity index (χ2n) is 5.42. The predicted molar refractivity (Wildman–Crippen MR) is 107 cm³/mol. The maximum atomic E-state index is 12.1. The van der Waals surface area contributed by atoms with Crippen LogP contribution in [-0.2, 0) is 4.79 Å². The molecule has 0 saturated heterocycles. The van der Waals surface area contributed by atoms with Gasteiger partial charge in [-0.05, 0) is 25.1 Å². The number of hydrogen-bond acceptors (Lipinski definition) is 4. The molecule has 134 valence electrons. The fourth-order valence-corrected chi connectivity index (χ4v) is 3.36. The number of aromatic nitrogens is 3. The molecular formula is C17H13Cl3N4OS. The molecule has 3 aromatic rings. The molecule has 0 saturated carbocycles. The summed E-state index contributed by atoms with van der Waals surface area (Å²) in [5.41, 5.74) is 2.48. The zero-order chi connectivity index (χ0) is 18.7. The van der Waals surface area contributed by atoms with Crippen molar-refractivity contribution in [1.29, 1.82) is 0 Å². The van der Waals surface area contributed by atoms with E-state index in [1.165, 1.54) is 23.9 Å². The van der Waals surface area contributed by atoms with Gasteiger partial charge in [0.1, 0.15) is 0 Å². The molecule has 0 spiro atoms. The number of hydrogen-bond donors (Lipinski definition) is 2. The Balaban J connectivity index is 1.61. The Morgan fingerprint density at radius 1 is 1.15 bits per heavy atom. The number of carbonyl (C=O) groups is 1. The van der Waals surface area contributed by atoms with E-state index in [-0.39, 0.29) is 11.7 Å². The maximum absolute atomic E-state index is 12.1. The highest BCUT2D eigenvalue weighted by Crippen LogP contribution is 2.32. The molecule has 0 aliphatic heterocycles. The quantitative estimate of drug-likeness (QED) is 0.418. The van der Waals surface area contributed by atoms with Crippen LogP contribution >= 0.6 is 46.6 Å². The van der Waals surface area contributed by atoms with Crippen LogP contribution in [0, 0.1) is 6.92 Å². The largest absolute Gasteiger partial charge is 0.324 e. The van der Waals surface area contributed by atoms with Crippen LogP contribution in [-0.4, -0.2) is 26.8 Å². The van der Waals surface area contributed by atoms with E-state index in [0.29, 0.717) is 31.7 Å². The number of benzene rings is 2. The van der Waals surface area contributed by atoms with Crippen LogP contribution < -0.4 is 5.32 Å². The average molecular weight is 428 g/mol. The van der Waals surface area contributed by atoms with E-state index in [9.17, 15) is 4.79 Å². The van der Waals surface area contributed by atoms with Crippen LogP contribution in [0.2, 0.25) is 15.1 Å². The highest BCUT2D eigenvalue weighted by Gasteiger charge is 2.12. The molecule has 3 rings (SSSR count). The number of rotatable bonds is 5. The fourth-order valence-electron chi connectivity index (χ4n) is 2.17. The molecule has 2 N–H and O–H groups in total. The Kier molecular flexibility index (Phi) is 6.09. The third-order valence-corrected chi connectivity index (χ3v) is 5.25. The summed E-state index contributed by atoms with van der Waals surface area (Å²) in [6.45, 7) is 2.01. The Labute approximate surface area is 169 Å². The molecular weight excluding hydrogens is 415 g/mol. The van der Waals surface area contributed by atoms with Gasteiger partial charge in [0.25, 0.3) is 0 Å². The van der Waals surface area contributed by atoms with Crippen molar-refractivity contribution in [3.8, 4) is 11.4 Å². The van der Waals surface area contributed by atoms with Gasteiger partial charge in [-0.3, -0.25) is 9.89 Å². The van der Waals surface area contributed by atoms with Gasteiger partial charge >= 0.3 is 0 Å². The molecule has 1 heterocycles. The van der Waals surface area contributed by atoms with Gasteiger partial charge in [-0.1, -0.05) is 70.3 Å². The van der Waals surface area contributed by atoms with Gasteiger partial charge < -0.3 is 5.32 Å². The third kappa shape index (κ3) is 4.71. The standard InChI is InChI=1S/C17H13Cl3N4OS/c1-9-3-2-4-10(5-9)16-22-17(24-23-16)26-8-15(25)21-14-7-12(19)11(18)6-13(14)20/h2-7H,8H2,1H3,(H,21,25)(H,22,23,24). The number of amides is 1. The Hall–Kier alpha value is -1.73. The molecule has 0 aliphatic carbocycles.